The first-order valence-electron chi connectivity index (χ1n) is 4.54. The standard InChI is InChI=1S/C10H9N3O2S/c1-13-8(14)5-3-2-4-6(12-10(11)16)7(5)9(13)15/h2-4H,1H3,(H3,11,12,16). The molecule has 0 atom stereocenters. The molecule has 1 aliphatic rings. The third-order valence-electron chi connectivity index (χ3n) is 2.38. The van der Waals surface area contributed by atoms with E-state index in [1.807, 2.05) is 0 Å². The van der Waals surface area contributed by atoms with Crippen LogP contribution in [0.2, 0.25) is 0 Å². The summed E-state index contributed by atoms with van der Waals surface area (Å²) in [5.74, 6) is -0.661. The average molecular weight is 235 g/mol. The Morgan fingerprint density at radius 2 is 2.06 bits per heavy atom. The van der Waals surface area contributed by atoms with Crippen LogP contribution in [0.25, 0.3) is 0 Å². The number of nitrogens with two attached hydrogens (primary N) is 1. The summed E-state index contributed by atoms with van der Waals surface area (Å²) in [4.78, 5) is 24.5. The number of imide groups is 1. The van der Waals surface area contributed by atoms with Crippen molar-refractivity contribution in [3.63, 3.8) is 0 Å². The van der Waals surface area contributed by atoms with E-state index in [0.717, 1.165) is 4.90 Å². The van der Waals surface area contributed by atoms with E-state index < -0.39 is 0 Å². The topological polar surface area (TPSA) is 75.4 Å². The Morgan fingerprint density at radius 3 is 2.69 bits per heavy atom. The fourth-order valence-electron chi connectivity index (χ4n) is 1.64. The second-order valence-corrected chi connectivity index (χ2v) is 3.83. The zero-order valence-electron chi connectivity index (χ0n) is 8.48. The van der Waals surface area contributed by atoms with Crippen molar-refractivity contribution < 1.29 is 9.59 Å². The van der Waals surface area contributed by atoms with E-state index in [-0.39, 0.29) is 16.9 Å². The van der Waals surface area contributed by atoms with E-state index in [1.165, 1.54) is 7.05 Å². The van der Waals surface area contributed by atoms with Gasteiger partial charge in [-0.1, -0.05) is 6.07 Å². The molecule has 0 bridgehead atoms. The number of rotatable bonds is 1. The number of carbonyl (C=O) groups excluding carboxylic acids is 2. The number of benzene rings is 1. The van der Waals surface area contributed by atoms with Gasteiger partial charge in [-0.3, -0.25) is 14.5 Å². The van der Waals surface area contributed by atoms with Crippen LogP contribution in [0, 0.1) is 0 Å². The Labute approximate surface area is 97.2 Å². The Morgan fingerprint density at radius 1 is 1.38 bits per heavy atom. The van der Waals surface area contributed by atoms with Gasteiger partial charge in [0.25, 0.3) is 11.8 Å². The predicted octanol–water partition coefficient (Wildman–Crippen LogP) is 0.568. The molecule has 0 aliphatic carbocycles. The van der Waals surface area contributed by atoms with Crippen LogP contribution < -0.4 is 11.1 Å². The Kier molecular flexibility index (Phi) is 2.35. The summed E-state index contributed by atoms with van der Waals surface area (Å²) < 4.78 is 0. The molecular weight excluding hydrogens is 226 g/mol. The average Bonchev–Trinajstić information content (AvgIpc) is 2.44. The maximum atomic E-state index is 11.8. The van der Waals surface area contributed by atoms with Gasteiger partial charge in [0.15, 0.2) is 5.11 Å². The lowest BCUT2D eigenvalue weighted by Crippen LogP contribution is -2.25. The van der Waals surface area contributed by atoms with Crippen LogP contribution in [0.15, 0.2) is 18.2 Å². The van der Waals surface area contributed by atoms with E-state index in [1.54, 1.807) is 18.2 Å². The number of nitrogens with one attached hydrogen (secondary N) is 1. The monoisotopic (exact) mass is 235 g/mol. The highest BCUT2D eigenvalue weighted by atomic mass is 32.1. The second kappa shape index (κ2) is 3.57. The molecule has 0 unspecified atom stereocenters. The van der Waals surface area contributed by atoms with E-state index in [2.05, 4.69) is 5.32 Å². The number of carbonyl (C=O) groups is 2. The van der Waals surface area contributed by atoms with Gasteiger partial charge in [0.1, 0.15) is 0 Å². The van der Waals surface area contributed by atoms with E-state index in [4.69, 9.17) is 18.0 Å². The SMILES string of the molecule is CN1C(=O)c2cccc(NC(N)=S)c2C1=O. The third-order valence-corrected chi connectivity index (χ3v) is 2.48. The van der Waals surface area contributed by atoms with E-state index in [0.29, 0.717) is 16.8 Å². The van der Waals surface area contributed by atoms with Gasteiger partial charge in [0.05, 0.1) is 16.8 Å². The fourth-order valence-corrected chi connectivity index (χ4v) is 1.75. The normalized spacial score (nSPS) is 13.9. The molecule has 0 fully saturated rings. The Balaban J connectivity index is 2.58. The second-order valence-electron chi connectivity index (χ2n) is 3.39. The van der Waals surface area contributed by atoms with Gasteiger partial charge >= 0.3 is 0 Å². The number of nitrogens with zero attached hydrogens (tertiary/aromatic N) is 1. The highest BCUT2D eigenvalue weighted by Crippen LogP contribution is 2.28. The lowest BCUT2D eigenvalue weighted by molar-refractivity contribution is 0.0693. The zero-order valence-corrected chi connectivity index (χ0v) is 9.30. The van der Waals surface area contributed by atoms with Gasteiger partial charge in [-0.15, -0.1) is 0 Å². The molecule has 5 nitrogen and oxygen atoms in total. The van der Waals surface area contributed by atoms with Crippen LogP contribution in [0.5, 0.6) is 0 Å². The van der Waals surface area contributed by atoms with Crippen molar-refractivity contribution in [2.45, 2.75) is 0 Å². The summed E-state index contributed by atoms with van der Waals surface area (Å²) in [6, 6.07) is 4.93. The number of amides is 2. The summed E-state index contributed by atoms with van der Waals surface area (Å²) >= 11 is 4.70. The van der Waals surface area contributed by atoms with Crippen molar-refractivity contribution >= 4 is 34.8 Å². The van der Waals surface area contributed by atoms with Crippen LogP contribution in [0.1, 0.15) is 20.7 Å². The lowest BCUT2D eigenvalue weighted by Gasteiger charge is -2.07. The number of fused-ring (bicyclic) bond motifs is 1. The smallest absolute Gasteiger partial charge is 0.263 e. The van der Waals surface area contributed by atoms with Crippen LogP contribution in [-0.2, 0) is 0 Å². The van der Waals surface area contributed by atoms with Gasteiger partial charge in [0, 0.05) is 7.05 Å². The number of hydrogen-bond acceptors (Lipinski definition) is 3. The molecule has 1 aromatic carbocycles. The van der Waals surface area contributed by atoms with Gasteiger partial charge < -0.3 is 11.1 Å². The van der Waals surface area contributed by atoms with E-state index in [9.17, 15) is 9.59 Å². The molecule has 0 saturated heterocycles. The number of hydrogen-bond donors (Lipinski definition) is 2. The molecule has 16 heavy (non-hydrogen) atoms. The minimum Gasteiger partial charge on any atom is -0.376 e. The van der Waals surface area contributed by atoms with Gasteiger partial charge in [0.2, 0.25) is 0 Å². The van der Waals surface area contributed by atoms with Crippen molar-refractivity contribution in [3.05, 3.63) is 29.3 Å². The van der Waals surface area contributed by atoms with Crippen molar-refractivity contribution in [1.82, 2.24) is 4.90 Å². The fraction of sp³-hybridized carbons (Fsp3) is 0.100. The Bertz CT molecular complexity index is 513. The van der Waals surface area contributed by atoms with Crippen molar-refractivity contribution in [1.29, 1.82) is 0 Å². The first-order valence-corrected chi connectivity index (χ1v) is 4.95. The summed E-state index contributed by atoms with van der Waals surface area (Å²) in [7, 11) is 1.44. The summed E-state index contributed by atoms with van der Waals surface area (Å²) in [6.45, 7) is 0. The molecule has 0 saturated carbocycles. The van der Waals surface area contributed by atoms with Gasteiger partial charge in [-0.05, 0) is 24.4 Å². The first-order chi connectivity index (χ1) is 7.52. The van der Waals surface area contributed by atoms with Crippen LogP contribution in [-0.4, -0.2) is 28.9 Å². The summed E-state index contributed by atoms with van der Waals surface area (Å²) in [5.41, 5.74) is 6.50. The lowest BCUT2D eigenvalue weighted by atomic mass is 10.1. The molecule has 1 heterocycles. The molecule has 6 heteroatoms. The molecule has 0 spiro atoms. The highest BCUT2D eigenvalue weighted by Gasteiger charge is 2.34. The molecule has 0 aromatic heterocycles. The Hall–Kier alpha value is -1.95. The van der Waals surface area contributed by atoms with Crippen molar-refractivity contribution in [3.8, 4) is 0 Å². The quantitative estimate of drug-likeness (QED) is 0.549. The van der Waals surface area contributed by atoms with Crippen LogP contribution >= 0.6 is 12.2 Å². The minimum atomic E-state index is -0.348. The van der Waals surface area contributed by atoms with Gasteiger partial charge in [-0.25, -0.2) is 0 Å². The van der Waals surface area contributed by atoms with Gasteiger partial charge in [-0.2, -0.15) is 0 Å². The van der Waals surface area contributed by atoms with Crippen molar-refractivity contribution in [2.24, 2.45) is 5.73 Å². The van der Waals surface area contributed by atoms with Crippen LogP contribution in [0.3, 0.4) is 0 Å². The molecule has 1 aliphatic heterocycles. The molecule has 1 aromatic rings. The van der Waals surface area contributed by atoms with Crippen molar-refractivity contribution in [2.75, 3.05) is 12.4 Å². The highest BCUT2D eigenvalue weighted by molar-refractivity contribution is 7.80. The van der Waals surface area contributed by atoms with E-state index >= 15 is 0 Å². The molecule has 2 amide bonds. The van der Waals surface area contributed by atoms with Crippen LogP contribution in [0.4, 0.5) is 5.69 Å². The molecule has 82 valence electrons. The summed E-state index contributed by atoms with van der Waals surface area (Å²) in [6.07, 6.45) is 0. The molecule has 0 radical (unpaired) electrons. The largest absolute Gasteiger partial charge is 0.376 e. The predicted molar refractivity (Wildman–Crippen MR) is 63.3 cm³/mol. The first kappa shape index (κ1) is 10.6. The molecule has 2 rings (SSSR count). The molecule has 3 N–H and O–H groups in total. The molecular formula is C10H9N3O2S. The summed E-state index contributed by atoms with van der Waals surface area (Å²) in [5, 5.41) is 2.74. The maximum absolute atomic E-state index is 11.8. The third kappa shape index (κ3) is 1.43. The maximum Gasteiger partial charge on any atom is 0.263 e. The minimum absolute atomic E-state index is 0.0585. The zero-order chi connectivity index (χ0) is 11.9. The number of thiocarbonyl (C=S) groups is 1. The number of anilines is 1.